The van der Waals surface area contributed by atoms with Gasteiger partial charge in [0, 0.05) is 17.5 Å². The number of nitrogens with zero attached hydrogens (tertiary/aromatic N) is 1. The minimum atomic E-state index is -0.291. The van der Waals surface area contributed by atoms with Gasteiger partial charge in [0.25, 0.3) is 5.91 Å². The lowest BCUT2D eigenvalue weighted by molar-refractivity contribution is 0.0989. The van der Waals surface area contributed by atoms with Crippen molar-refractivity contribution in [2.24, 2.45) is 0 Å². The van der Waals surface area contributed by atoms with Crippen LogP contribution in [0.4, 0.5) is 10.1 Å². The number of hydrogen-bond acceptors (Lipinski definition) is 1. The van der Waals surface area contributed by atoms with Gasteiger partial charge in [-0.25, -0.2) is 4.39 Å². The van der Waals surface area contributed by atoms with E-state index in [1.165, 1.54) is 6.07 Å². The van der Waals surface area contributed by atoms with Crippen molar-refractivity contribution in [1.29, 1.82) is 0 Å². The molecule has 0 radical (unpaired) electrons. The summed E-state index contributed by atoms with van der Waals surface area (Å²) in [7, 11) is 0. The number of carbonyl (C=O) groups is 1. The van der Waals surface area contributed by atoms with Gasteiger partial charge in [0.15, 0.2) is 0 Å². The fourth-order valence-corrected chi connectivity index (χ4v) is 4.10. The molecule has 0 atom stereocenters. The van der Waals surface area contributed by atoms with Gasteiger partial charge in [-0.3, -0.25) is 4.79 Å². The molecule has 0 aromatic heterocycles. The first kappa shape index (κ1) is 16.7. The predicted molar refractivity (Wildman–Crippen MR) is 111 cm³/mol. The molecular formula is C25H18FNO. The van der Waals surface area contributed by atoms with E-state index in [2.05, 4.69) is 18.2 Å². The molecule has 1 amide bonds. The minimum absolute atomic E-state index is 0.0462. The standard InChI is InChI=1S/C25H18FNO/c26-20-12-11-19-15-22(17-7-3-1-4-8-17)21-13-14-27(24(21)23(19)16-20)25(28)18-9-5-2-6-10-18/h1-12,15-16H,13-14H2. The highest BCUT2D eigenvalue weighted by Crippen LogP contribution is 2.43. The number of amides is 1. The van der Waals surface area contributed by atoms with Gasteiger partial charge < -0.3 is 4.90 Å². The van der Waals surface area contributed by atoms with Crippen LogP contribution in [0.2, 0.25) is 0 Å². The van der Waals surface area contributed by atoms with Gasteiger partial charge in [0.2, 0.25) is 0 Å². The Morgan fingerprint density at radius 2 is 1.57 bits per heavy atom. The van der Waals surface area contributed by atoms with Gasteiger partial charge in [0.05, 0.1) is 5.69 Å². The maximum absolute atomic E-state index is 14.1. The third kappa shape index (κ3) is 2.67. The van der Waals surface area contributed by atoms with Gasteiger partial charge in [-0.2, -0.15) is 0 Å². The zero-order valence-electron chi connectivity index (χ0n) is 15.2. The van der Waals surface area contributed by atoms with E-state index < -0.39 is 0 Å². The summed E-state index contributed by atoms with van der Waals surface area (Å²) >= 11 is 0. The van der Waals surface area contributed by atoms with Crippen molar-refractivity contribution in [2.75, 3.05) is 11.4 Å². The number of benzene rings is 4. The molecule has 0 saturated heterocycles. The summed E-state index contributed by atoms with van der Waals surface area (Å²) < 4.78 is 14.1. The molecule has 5 rings (SSSR count). The predicted octanol–water partition coefficient (Wildman–Crippen LogP) is 5.85. The number of hydrogen-bond donors (Lipinski definition) is 0. The first-order valence-corrected chi connectivity index (χ1v) is 9.40. The molecule has 3 heteroatoms. The van der Waals surface area contributed by atoms with E-state index in [1.807, 2.05) is 48.5 Å². The molecule has 0 saturated carbocycles. The second-order valence-corrected chi connectivity index (χ2v) is 7.06. The molecule has 4 aromatic carbocycles. The van der Waals surface area contributed by atoms with Crippen molar-refractivity contribution in [1.82, 2.24) is 0 Å². The van der Waals surface area contributed by atoms with Gasteiger partial charge in [-0.15, -0.1) is 0 Å². The third-order valence-corrected chi connectivity index (χ3v) is 5.39. The molecule has 0 N–H and O–H groups in total. The van der Waals surface area contributed by atoms with Gasteiger partial charge in [0.1, 0.15) is 5.82 Å². The Balaban J connectivity index is 1.76. The van der Waals surface area contributed by atoms with Gasteiger partial charge in [-0.1, -0.05) is 54.6 Å². The average molecular weight is 367 g/mol. The lowest BCUT2D eigenvalue weighted by Gasteiger charge is -2.21. The molecule has 136 valence electrons. The SMILES string of the molecule is O=C(c1ccccc1)N1CCc2c(-c3ccccc3)cc3ccc(F)cc3c21. The van der Waals surface area contributed by atoms with Crippen LogP contribution in [0.3, 0.4) is 0 Å². The molecule has 1 heterocycles. The summed E-state index contributed by atoms with van der Waals surface area (Å²) in [6.45, 7) is 0.596. The second kappa shape index (κ2) is 6.61. The van der Waals surface area contributed by atoms with Crippen LogP contribution in [0.1, 0.15) is 15.9 Å². The fraction of sp³-hybridized carbons (Fsp3) is 0.0800. The molecular weight excluding hydrogens is 349 g/mol. The van der Waals surface area contributed by atoms with Crippen LogP contribution in [0, 0.1) is 5.82 Å². The van der Waals surface area contributed by atoms with Crippen molar-refractivity contribution in [2.45, 2.75) is 6.42 Å². The number of rotatable bonds is 2. The molecule has 4 aromatic rings. The van der Waals surface area contributed by atoms with Gasteiger partial charge >= 0.3 is 0 Å². The van der Waals surface area contributed by atoms with Gasteiger partial charge in [-0.05, 0) is 58.8 Å². The molecule has 0 aliphatic carbocycles. The highest BCUT2D eigenvalue weighted by molar-refractivity contribution is 6.14. The van der Waals surface area contributed by atoms with Crippen LogP contribution in [0.5, 0.6) is 0 Å². The quantitative estimate of drug-likeness (QED) is 0.435. The zero-order chi connectivity index (χ0) is 19.1. The van der Waals surface area contributed by atoms with Crippen LogP contribution in [0.25, 0.3) is 21.9 Å². The largest absolute Gasteiger partial charge is 0.307 e. The first-order valence-electron chi connectivity index (χ1n) is 9.40. The maximum Gasteiger partial charge on any atom is 0.258 e. The fourth-order valence-electron chi connectivity index (χ4n) is 4.10. The Kier molecular flexibility index (Phi) is 3.94. The number of fused-ring (bicyclic) bond motifs is 3. The van der Waals surface area contributed by atoms with Crippen LogP contribution < -0.4 is 4.90 Å². The summed E-state index contributed by atoms with van der Waals surface area (Å²) in [5.74, 6) is -0.337. The van der Waals surface area contributed by atoms with Crippen molar-refractivity contribution in [3.63, 3.8) is 0 Å². The monoisotopic (exact) mass is 367 g/mol. The smallest absolute Gasteiger partial charge is 0.258 e. The Labute approximate surface area is 162 Å². The van der Waals surface area contributed by atoms with Crippen molar-refractivity contribution < 1.29 is 9.18 Å². The summed E-state index contributed by atoms with van der Waals surface area (Å²) in [6, 6.07) is 26.4. The van der Waals surface area contributed by atoms with Crippen molar-refractivity contribution in [3.8, 4) is 11.1 Å². The Hall–Kier alpha value is -3.46. The topological polar surface area (TPSA) is 20.3 Å². The third-order valence-electron chi connectivity index (χ3n) is 5.39. The number of halogens is 1. The lowest BCUT2D eigenvalue weighted by Crippen LogP contribution is -2.29. The number of carbonyl (C=O) groups excluding carboxylic acids is 1. The van der Waals surface area contributed by atoms with E-state index in [-0.39, 0.29) is 11.7 Å². The van der Waals surface area contributed by atoms with E-state index in [4.69, 9.17) is 0 Å². The molecule has 2 nitrogen and oxygen atoms in total. The number of anilines is 1. The summed E-state index contributed by atoms with van der Waals surface area (Å²) in [5.41, 5.74) is 4.81. The highest BCUT2D eigenvalue weighted by Gasteiger charge is 2.30. The lowest BCUT2D eigenvalue weighted by atomic mass is 9.93. The molecule has 0 bridgehead atoms. The van der Waals surface area contributed by atoms with Crippen LogP contribution >= 0.6 is 0 Å². The van der Waals surface area contributed by atoms with E-state index in [9.17, 15) is 9.18 Å². The van der Waals surface area contributed by atoms with Crippen LogP contribution in [-0.2, 0) is 6.42 Å². The van der Waals surface area contributed by atoms with E-state index >= 15 is 0 Å². The Morgan fingerprint density at radius 3 is 2.32 bits per heavy atom. The van der Waals surface area contributed by atoms with Crippen molar-refractivity contribution in [3.05, 3.63) is 102 Å². The molecule has 0 fully saturated rings. The minimum Gasteiger partial charge on any atom is -0.307 e. The van der Waals surface area contributed by atoms with E-state index in [1.54, 1.807) is 17.0 Å². The normalized spacial score (nSPS) is 13.0. The molecule has 0 unspecified atom stereocenters. The second-order valence-electron chi connectivity index (χ2n) is 7.06. The Morgan fingerprint density at radius 1 is 0.857 bits per heavy atom. The molecule has 1 aliphatic rings. The van der Waals surface area contributed by atoms with Crippen LogP contribution in [-0.4, -0.2) is 12.5 Å². The zero-order valence-corrected chi connectivity index (χ0v) is 15.2. The van der Waals surface area contributed by atoms with Crippen molar-refractivity contribution >= 4 is 22.4 Å². The summed E-state index contributed by atoms with van der Waals surface area (Å²) in [5, 5.41) is 1.73. The summed E-state index contributed by atoms with van der Waals surface area (Å²) in [4.78, 5) is 15.0. The van der Waals surface area contributed by atoms with E-state index in [0.29, 0.717) is 12.1 Å². The summed E-state index contributed by atoms with van der Waals surface area (Å²) in [6.07, 6.45) is 0.755. The molecule has 28 heavy (non-hydrogen) atoms. The molecule has 1 aliphatic heterocycles. The average Bonchev–Trinajstić information content (AvgIpc) is 3.19. The highest BCUT2D eigenvalue weighted by atomic mass is 19.1. The first-order chi connectivity index (χ1) is 13.7. The van der Waals surface area contributed by atoms with Crippen LogP contribution in [0.15, 0.2) is 84.9 Å². The Bertz CT molecular complexity index is 1190. The maximum atomic E-state index is 14.1. The van der Waals surface area contributed by atoms with E-state index in [0.717, 1.165) is 39.6 Å². The molecule has 0 spiro atoms.